The van der Waals surface area contributed by atoms with E-state index >= 15 is 0 Å². The van der Waals surface area contributed by atoms with Crippen LogP contribution in [0, 0.1) is 10.1 Å². The Morgan fingerprint density at radius 1 is 1.05 bits per heavy atom. The third kappa shape index (κ3) is 3.13. The van der Waals surface area contributed by atoms with Crippen LogP contribution in [0.25, 0.3) is 0 Å². The summed E-state index contributed by atoms with van der Waals surface area (Å²) < 4.78 is 74.8. The molecule has 0 radical (unpaired) electrons. The number of halogens is 6. The quantitative estimate of drug-likeness (QED) is 0.517. The molecule has 0 fully saturated rings. The number of nitro groups is 1. The number of nitrogens with zero attached hydrogens (tertiary/aromatic N) is 1. The van der Waals surface area contributed by atoms with Gasteiger partial charge < -0.3 is 5.11 Å². The highest BCUT2D eigenvalue weighted by molar-refractivity contribution is 5.49. The van der Waals surface area contributed by atoms with Gasteiger partial charge in [-0.25, -0.2) is 0 Å². The van der Waals surface area contributed by atoms with Crippen LogP contribution in [0.4, 0.5) is 32.0 Å². The molecule has 0 atom stereocenters. The first-order valence-corrected chi connectivity index (χ1v) is 4.55. The Kier molecular flexibility index (Phi) is 3.75. The second-order valence-corrected chi connectivity index (χ2v) is 3.44. The van der Waals surface area contributed by atoms with Crippen LogP contribution in [-0.4, -0.2) is 10.0 Å². The summed E-state index contributed by atoms with van der Waals surface area (Å²) in [6, 6.07) is -0.296. The average molecular weight is 289 g/mol. The molecule has 10 heteroatoms. The summed E-state index contributed by atoms with van der Waals surface area (Å²) in [5.74, 6) is 0. The van der Waals surface area contributed by atoms with Crippen LogP contribution < -0.4 is 0 Å². The van der Waals surface area contributed by atoms with E-state index in [0.717, 1.165) is 0 Å². The van der Waals surface area contributed by atoms with Gasteiger partial charge in [0.1, 0.15) is 0 Å². The maximum Gasteiger partial charge on any atom is 0.417 e. The minimum atomic E-state index is -5.40. The lowest BCUT2D eigenvalue weighted by Crippen LogP contribution is -2.18. The standard InChI is InChI=1S/C9H5F6NO3/c10-8(11,12)5-1-4(3-17)7(16(18)19)2-6(5)9(13,14)15/h1-2,17H,3H2. The zero-order valence-corrected chi connectivity index (χ0v) is 8.84. The Balaban J connectivity index is 3.68. The highest BCUT2D eigenvalue weighted by Gasteiger charge is 2.44. The molecule has 1 aromatic carbocycles. The number of rotatable bonds is 2. The molecular weight excluding hydrogens is 284 g/mol. The van der Waals surface area contributed by atoms with Gasteiger partial charge in [0.05, 0.1) is 28.2 Å². The second kappa shape index (κ2) is 4.68. The van der Waals surface area contributed by atoms with Gasteiger partial charge in [-0.15, -0.1) is 0 Å². The Morgan fingerprint density at radius 3 is 1.79 bits per heavy atom. The molecule has 0 aliphatic carbocycles. The van der Waals surface area contributed by atoms with Crippen LogP contribution in [0.2, 0.25) is 0 Å². The molecule has 1 rings (SSSR count). The number of alkyl halides is 6. The highest BCUT2D eigenvalue weighted by Crippen LogP contribution is 2.42. The maximum atomic E-state index is 12.5. The smallest absolute Gasteiger partial charge is 0.391 e. The van der Waals surface area contributed by atoms with Crippen LogP contribution in [0.1, 0.15) is 16.7 Å². The highest BCUT2D eigenvalue weighted by atomic mass is 19.4. The maximum absolute atomic E-state index is 12.5. The molecule has 0 spiro atoms. The monoisotopic (exact) mass is 289 g/mol. The predicted molar refractivity (Wildman–Crippen MR) is 49.0 cm³/mol. The third-order valence-electron chi connectivity index (χ3n) is 2.20. The van der Waals surface area contributed by atoms with Gasteiger partial charge >= 0.3 is 12.4 Å². The lowest BCUT2D eigenvalue weighted by Gasteiger charge is -2.16. The zero-order valence-electron chi connectivity index (χ0n) is 8.84. The summed E-state index contributed by atoms with van der Waals surface area (Å²) in [4.78, 5) is 9.18. The minimum absolute atomic E-state index is 0.0685. The van der Waals surface area contributed by atoms with E-state index in [1.54, 1.807) is 0 Å². The van der Waals surface area contributed by atoms with Crippen LogP contribution in [0.5, 0.6) is 0 Å². The summed E-state index contributed by atoms with van der Waals surface area (Å²) in [5.41, 5.74) is -6.30. The summed E-state index contributed by atoms with van der Waals surface area (Å²) in [6.07, 6.45) is -10.7. The summed E-state index contributed by atoms with van der Waals surface area (Å²) in [6.45, 7) is -1.18. The van der Waals surface area contributed by atoms with Crippen molar-refractivity contribution < 1.29 is 36.4 Å². The van der Waals surface area contributed by atoms with E-state index in [1.165, 1.54) is 0 Å². The fourth-order valence-corrected chi connectivity index (χ4v) is 1.40. The Hall–Kier alpha value is -1.84. The van der Waals surface area contributed by atoms with Gasteiger partial charge in [0.25, 0.3) is 5.69 Å². The first-order valence-electron chi connectivity index (χ1n) is 4.55. The van der Waals surface area contributed by atoms with Crippen LogP contribution >= 0.6 is 0 Å². The zero-order chi connectivity index (χ0) is 15.0. The van der Waals surface area contributed by atoms with Gasteiger partial charge in [-0.05, 0) is 6.07 Å². The van der Waals surface area contributed by atoms with Gasteiger partial charge in [-0.3, -0.25) is 10.1 Å². The molecule has 1 N–H and O–H groups in total. The van der Waals surface area contributed by atoms with Gasteiger partial charge in [-0.1, -0.05) is 0 Å². The van der Waals surface area contributed by atoms with Gasteiger partial charge in [-0.2, -0.15) is 26.3 Å². The molecule has 1 aromatic rings. The molecule has 0 aromatic heterocycles. The molecule has 4 nitrogen and oxygen atoms in total. The van der Waals surface area contributed by atoms with Crippen molar-refractivity contribution in [3.8, 4) is 0 Å². The lowest BCUT2D eigenvalue weighted by atomic mass is 10.0. The van der Waals surface area contributed by atoms with E-state index in [1.807, 2.05) is 0 Å². The molecule has 0 aliphatic heterocycles. The van der Waals surface area contributed by atoms with E-state index in [-0.39, 0.29) is 12.1 Å². The largest absolute Gasteiger partial charge is 0.417 e. The van der Waals surface area contributed by atoms with Crippen molar-refractivity contribution in [2.24, 2.45) is 0 Å². The molecule has 0 aliphatic rings. The fourth-order valence-electron chi connectivity index (χ4n) is 1.40. The normalized spacial score (nSPS) is 12.6. The minimum Gasteiger partial charge on any atom is -0.391 e. The van der Waals surface area contributed by atoms with Crippen molar-refractivity contribution in [3.05, 3.63) is 38.9 Å². The van der Waals surface area contributed by atoms with Crippen LogP contribution in [0.15, 0.2) is 12.1 Å². The summed E-state index contributed by atoms with van der Waals surface area (Å²) in [5, 5.41) is 19.2. The number of aliphatic hydroxyl groups is 1. The van der Waals surface area contributed by atoms with E-state index in [9.17, 15) is 36.5 Å². The molecular formula is C9H5F6NO3. The van der Waals surface area contributed by atoms with E-state index in [0.29, 0.717) is 0 Å². The number of benzene rings is 1. The number of aliphatic hydroxyl groups excluding tert-OH is 1. The van der Waals surface area contributed by atoms with Crippen molar-refractivity contribution in [1.29, 1.82) is 0 Å². The molecule has 106 valence electrons. The number of hydrogen-bond acceptors (Lipinski definition) is 3. The first-order chi connectivity index (χ1) is 8.48. The molecule has 0 bridgehead atoms. The van der Waals surface area contributed by atoms with Crippen molar-refractivity contribution in [2.75, 3.05) is 0 Å². The van der Waals surface area contributed by atoms with Gasteiger partial charge in [0.2, 0.25) is 0 Å². The molecule has 19 heavy (non-hydrogen) atoms. The Labute approximate surface area is 101 Å². The number of hydrogen-bond donors (Lipinski definition) is 1. The summed E-state index contributed by atoms with van der Waals surface area (Å²) in [7, 11) is 0. The topological polar surface area (TPSA) is 63.4 Å². The van der Waals surface area contributed by atoms with Crippen molar-refractivity contribution >= 4 is 5.69 Å². The van der Waals surface area contributed by atoms with Crippen LogP contribution in [-0.2, 0) is 19.0 Å². The van der Waals surface area contributed by atoms with Crippen molar-refractivity contribution in [1.82, 2.24) is 0 Å². The van der Waals surface area contributed by atoms with Crippen molar-refractivity contribution in [3.63, 3.8) is 0 Å². The van der Waals surface area contributed by atoms with Crippen LogP contribution in [0.3, 0.4) is 0 Å². The van der Waals surface area contributed by atoms with Gasteiger partial charge in [0.15, 0.2) is 0 Å². The third-order valence-corrected chi connectivity index (χ3v) is 2.20. The fraction of sp³-hybridized carbons (Fsp3) is 0.333. The van der Waals surface area contributed by atoms with E-state index in [4.69, 9.17) is 5.11 Å². The number of nitro benzene ring substituents is 1. The van der Waals surface area contributed by atoms with Crippen molar-refractivity contribution in [2.45, 2.75) is 19.0 Å². The van der Waals surface area contributed by atoms with E-state index < -0.39 is 46.3 Å². The van der Waals surface area contributed by atoms with E-state index in [2.05, 4.69) is 0 Å². The predicted octanol–water partition coefficient (Wildman–Crippen LogP) is 3.12. The second-order valence-electron chi connectivity index (χ2n) is 3.44. The first kappa shape index (κ1) is 15.2. The molecule has 0 unspecified atom stereocenters. The SMILES string of the molecule is O=[N+]([O-])c1cc(C(F)(F)F)c(C(F)(F)F)cc1CO. The Morgan fingerprint density at radius 2 is 1.47 bits per heavy atom. The average Bonchev–Trinajstić information content (AvgIpc) is 2.24. The van der Waals surface area contributed by atoms with Gasteiger partial charge in [0, 0.05) is 6.07 Å². The Bertz CT molecular complexity index is 508. The molecule has 0 heterocycles. The molecule has 0 saturated carbocycles. The molecule has 0 saturated heterocycles. The molecule has 0 amide bonds. The lowest BCUT2D eigenvalue weighted by molar-refractivity contribution is -0.386. The summed E-state index contributed by atoms with van der Waals surface area (Å²) >= 11 is 0.